The maximum Gasteiger partial charge on any atom is 0.304 e. The maximum atomic E-state index is 6.85. The molecular weight excluding hydrogens is 574 g/mol. The van der Waals surface area contributed by atoms with Gasteiger partial charge in [-0.05, 0) is 78.7 Å². The molecule has 234 valence electrons. The van der Waals surface area contributed by atoms with Crippen molar-refractivity contribution in [2.24, 2.45) is 0 Å². The SMILES string of the molecule is C=C1CC(NC)CCCc2ccc3c(oc4ccccc43)c2-c2n(-c3ccc(C(C)(C)C)cc3-c3ccccc3)c3ccccc3[n+]21. The van der Waals surface area contributed by atoms with E-state index in [9.17, 15) is 0 Å². The molecule has 0 bridgehead atoms. The average Bonchev–Trinajstić information content (AvgIpc) is 3.63. The molecule has 4 nitrogen and oxygen atoms in total. The van der Waals surface area contributed by atoms with Crippen LogP contribution in [-0.4, -0.2) is 17.7 Å². The second-order valence-electron chi connectivity index (χ2n) is 14.1. The molecule has 0 amide bonds. The van der Waals surface area contributed by atoms with E-state index in [2.05, 4.69) is 151 Å². The van der Waals surface area contributed by atoms with E-state index in [1.165, 1.54) is 22.3 Å². The number of hydrogen-bond acceptors (Lipinski definition) is 2. The molecule has 0 radical (unpaired) electrons. The van der Waals surface area contributed by atoms with Gasteiger partial charge in [0.25, 0.3) is 0 Å². The van der Waals surface area contributed by atoms with E-state index >= 15 is 0 Å². The first-order chi connectivity index (χ1) is 22.8. The molecule has 5 aromatic carbocycles. The van der Waals surface area contributed by atoms with Crippen molar-refractivity contribution in [3.63, 3.8) is 0 Å². The highest BCUT2D eigenvalue weighted by atomic mass is 16.3. The predicted octanol–water partition coefficient (Wildman–Crippen LogP) is 10.2. The van der Waals surface area contributed by atoms with Gasteiger partial charge in [-0.25, -0.2) is 0 Å². The molecule has 2 aromatic heterocycles. The Balaban J connectivity index is 1.56. The second-order valence-corrected chi connectivity index (χ2v) is 14.1. The number of aromatic nitrogens is 2. The van der Waals surface area contributed by atoms with Gasteiger partial charge >= 0.3 is 5.82 Å². The molecule has 0 aliphatic carbocycles. The van der Waals surface area contributed by atoms with Crippen LogP contribution in [-0.2, 0) is 11.8 Å². The summed E-state index contributed by atoms with van der Waals surface area (Å²) >= 11 is 0. The van der Waals surface area contributed by atoms with Crippen LogP contribution in [0.5, 0.6) is 0 Å². The summed E-state index contributed by atoms with van der Waals surface area (Å²) in [6.45, 7) is 11.7. The van der Waals surface area contributed by atoms with Crippen molar-refractivity contribution in [1.82, 2.24) is 9.88 Å². The third-order valence-corrected chi connectivity index (χ3v) is 10.0. The summed E-state index contributed by atoms with van der Waals surface area (Å²) in [5.74, 6) is 1.09. The zero-order valence-corrected chi connectivity index (χ0v) is 27.8. The Labute approximate surface area is 277 Å². The van der Waals surface area contributed by atoms with Crippen LogP contribution < -0.4 is 9.88 Å². The fourth-order valence-corrected chi connectivity index (χ4v) is 7.55. The molecule has 4 heteroatoms. The molecular formula is C43H42N3O+. The van der Waals surface area contributed by atoms with Crippen molar-refractivity contribution in [3.05, 3.63) is 127 Å². The molecule has 3 heterocycles. The van der Waals surface area contributed by atoms with Crippen molar-refractivity contribution in [2.75, 3.05) is 7.05 Å². The summed E-state index contributed by atoms with van der Waals surface area (Å²) < 4.78 is 11.8. The zero-order valence-electron chi connectivity index (χ0n) is 27.8. The number of para-hydroxylation sites is 3. The lowest BCUT2D eigenvalue weighted by molar-refractivity contribution is -0.542. The Hall–Kier alpha value is -4.93. The van der Waals surface area contributed by atoms with Gasteiger partial charge in [0, 0.05) is 28.8 Å². The molecule has 0 saturated carbocycles. The number of rotatable bonds is 3. The molecule has 47 heavy (non-hydrogen) atoms. The fourth-order valence-electron chi connectivity index (χ4n) is 7.55. The molecule has 0 saturated heterocycles. The predicted molar refractivity (Wildman–Crippen MR) is 196 cm³/mol. The quantitative estimate of drug-likeness (QED) is 0.201. The van der Waals surface area contributed by atoms with Crippen LogP contribution in [0.1, 0.15) is 51.2 Å². The van der Waals surface area contributed by atoms with Gasteiger partial charge in [-0.2, -0.15) is 9.13 Å². The van der Waals surface area contributed by atoms with Crippen LogP contribution >= 0.6 is 0 Å². The topological polar surface area (TPSA) is 34.0 Å². The minimum atomic E-state index is 0.00402. The van der Waals surface area contributed by atoms with Gasteiger partial charge in [0.15, 0.2) is 16.6 Å². The van der Waals surface area contributed by atoms with Crippen LogP contribution in [0.4, 0.5) is 0 Å². The summed E-state index contributed by atoms with van der Waals surface area (Å²) in [4.78, 5) is 0. The molecule has 1 unspecified atom stereocenters. The Morgan fingerprint density at radius 1 is 0.851 bits per heavy atom. The number of benzene rings is 5. The van der Waals surface area contributed by atoms with Crippen LogP contribution in [0.2, 0.25) is 0 Å². The molecule has 1 aliphatic rings. The van der Waals surface area contributed by atoms with Crippen molar-refractivity contribution in [3.8, 4) is 28.2 Å². The Kier molecular flexibility index (Phi) is 7.15. The first-order valence-corrected chi connectivity index (χ1v) is 16.9. The first-order valence-electron chi connectivity index (χ1n) is 16.9. The largest absolute Gasteiger partial charge is 0.455 e. The van der Waals surface area contributed by atoms with Gasteiger partial charge in [0.1, 0.15) is 22.5 Å². The van der Waals surface area contributed by atoms with Crippen LogP contribution in [0.25, 0.3) is 66.9 Å². The molecule has 0 spiro atoms. The lowest BCUT2D eigenvalue weighted by atomic mass is 9.85. The maximum absolute atomic E-state index is 6.85. The Morgan fingerprint density at radius 2 is 1.62 bits per heavy atom. The van der Waals surface area contributed by atoms with Gasteiger partial charge in [0.05, 0.1) is 0 Å². The third kappa shape index (κ3) is 4.90. The van der Waals surface area contributed by atoms with E-state index in [0.717, 1.165) is 81.4 Å². The number of nitrogens with one attached hydrogen (secondary N) is 1. The van der Waals surface area contributed by atoms with Gasteiger partial charge < -0.3 is 9.73 Å². The highest BCUT2D eigenvalue weighted by molar-refractivity contribution is 6.10. The Morgan fingerprint density at radius 3 is 2.43 bits per heavy atom. The zero-order chi connectivity index (χ0) is 32.3. The average molecular weight is 617 g/mol. The minimum absolute atomic E-state index is 0.00402. The molecule has 1 N–H and O–H groups in total. The van der Waals surface area contributed by atoms with E-state index in [1.807, 2.05) is 0 Å². The fraction of sp³-hybridized carbons (Fsp3) is 0.233. The van der Waals surface area contributed by atoms with Crippen molar-refractivity contribution >= 4 is 38.7 Å². The van der Waals surface area contributed by atoms with Crippen LogP contribution in [0.15, 0.2) is 120 Å². The molecule has 1 atom stereocenters. The number of nitrogens with zero attached hydrogens (tertiary/aromatic N) is 2. The highest BCUT2D eigenvalue weighted by Crippen LogP contribution is 2.43. The van der Waals surface area contributed by atoms with E-state index in [0.29, 0.717) is 6.04 Å². The van der Waals surface area contributed by atoms with E-state index < -0.39 is 0 Å². The summed E-state index contributed by atoms with van der Waals surface area (Å²) in [6, 6.07) is 40.0. The number of fused-ring (bicyclic) bond motifs is 9. The normalized spacial score (nSPS) is 15.7. The molecule has 0 fully saturated rings. The smallest absolute Gasteiger partial charge is 0.304 e. The number of imidazole rings is 1. The van der Waals surface area contributed by atoms with E-state index in [1.54, 1.807) is 0 Å². The van der Waals surface area contributed by atoms with Gasteiger partial charge in [0.2, 0.25) is 0 Å². The highest BCUT2D eigenvalue weighted by Gasteiger charge is 2.36. The molecule has 8 rings (SSSR count). The summed E-state index contributed by atoms with van der Waals surface area (Å²) in [5, 5.41) is 5.88. The van der Waals surface area contributed by atoms with Crippen molar-refractivity contribution in [2.45, 2.75) is 57.9 Å². The number of aryl methyl sites for hydroxylation is 1. The number of furan rings is 1. The lowest BCUT2D eigenvalue weighted by Gasteiger charge is -2.22. The van der Waals surface area contributed by atoms with E-state index in [-0.39, 0.29) is 5.41 Å². The summed E-state index contributed by atoms with van der Waals surface area (Å²) in [7, 11) is 2.08. The summed E-state index contributed by atoms with van der Waals surface area (Å²) in [5.41, 5.74) is 12.5. The van der Waals surface area contributed by atoms with E-state index in [4.69, 9.17) is 11.0 Å². The Bertz CT molecular complexity index is 2300. The monoisotopic (exact) mass is 616 g/mol. The second kappa shape index (κ2) is 11.4. The molecule has 7 aromatic rings. The van der Waals surface area contributed by atoms with Crippen molar-refractivity contribution < 1.29 is 8.98 Å². The van der Waals surface area contributed by atoms with Crippen LogP contribution in [0, 0.1) is 0 Å². The molecule has 1 aliphatic heterocycles. The minimum Gasteiger partial charge on any atom is -0.455 e. The van der Waals surface area contributed by atoms with Crippen molar-refractivity contribution in [1.29, 1.82) is 0 Å². The third-order valence-electron chi connectivity index (χ3n) is 10.0. The summed E-state index contributed by atoms with van der Waals surface area (Å²) in [6.07, 6.45) is 3.96. The first kappa shape index (κ1) is 29.5. The van der Waals surface area contributed by atoms with Crippen LogP contribution in [0.3, 0.4) is 0 Å². The van der Waals surface area contributed by atoms with Gasteiger partial charge in [-0.3, -0.25) is 0 Å². The van der Waals surface area contributed by atoms with Gasteiger partial charge in [-0.1, -0.05) is 106 Å². The van der Waals surface area contributed by atoms with Gasteiger partial charge in [-0.15, -0.1) is 0 Å². The number of hydrogen-bond donors (Lipinski definition) is 1. The lowest BCUT2D eigenvalue weighted by Crippen LogP contribution is -2.38. The standard InChI is InChI=1S/C43H42N3O/c1-28-26-32(44-5)17-13-16-30-22-24-34-33-18-9-12-21-39(33)47-41(34)40(30)42-45(28)37-19-10-11-20-38(37)46(42)36-25-23-31(43(2,3)4)27-35(36)29-14-7-6-8-15-29/h6-12,14-15,18-25,27,32,44H,1,13,16-17,26H2,2-5H3/q+1.